The van der Waals surface area contributed by atoms with E-state index < -0.39 is 15.9 Å². The van der Waals surface area contributed by atoms with E-state index in [4.69, 9.17) is 0 Å². The molecule has 2 N–H and O–H groups in total. The monoisotopic (exact) mass is 311 g/mol. The lowest BCUT2D eigenvalue weighted by Crippen LogP contribution is -2.45. The van der Waals surface area contributed by atoms with Crippen molar-refractivity contribution in [1.29, 1.82) is 0 Å². The summed E-state index contributed by atoms with van der Waals surface area (Å²) in [5.41, 5.74) is 1.06. The summed E-state index contributed by atoms with van der Waals surface area (Å²) in [7, 11) is -3.35. The molecule has 0 saturated heterocycles. The lowest BCUT2D eigenvalue weighted by atomic mass is 9.92. The van der Waals surface area contributed by atoms with E-state index in [9.17, 15) is 18.3 Å². The van der Waals surface area contributed by atoms with Gasteiger partial charge in [-0.05, 0) is 37.5 Å². The Hall–Kier alpha value is -1.40. The fraction of sp³-hybridized carbons (Fsp3) is 0.533. The van der Waals surface area contributed by atoms with Crippen molar-refractivity contribution in [2.75, 3.05) is 6.26 Å². The molecule has 1 aromatic rings. The highest BCUT2D eigenvalue weighted by atomic mass is 32.2. The molecule has 2 atom stereocenters. The summed E-state index contributed by atoms with van der Waals surface area (Å²) in [6.07, 6.45) is 3.97. The van der Waals surface area contributed by atoms with Crippen molar-refractivity contribution in [3.05, 3.63) is 29.3 Å². The Kier molecular flexibility index (Phi) is 4.68. The molecule has 0 unspecified atom stereocenters. The van der Waals surface area contributed by atoms with Gasteiger partial charge in [-0.15, -0.1) is 0 Å². The number of sulfone groups is 1. The molecule has 1 fully saturated rings. The molecule has 0 aliphatic heterocycles. The predicted molar refractivity (Wildman–Crippen MR) is 80.0 cm³/mol. The van der Waals surface area contributed by atoms with Crippen LogP contribution in [-0.4, -0.2) is 37.8 Å². The number of rotatable bonds is 3. The van der Waals surface area contributed by atoms with Crippen LogP contribution < -0.4 is 5.32 Å². The van der Waals surface area contributed by atoms with Gasteiger partial charge in [0.15, 0.2) is 9.84 Å². The van der Waals surface area contributed by atoms with Crippen molar-refractivity contribution in [1.82, 2.24) is 5.32 Å². The van der Waals surface area contributed by atoms with Gasteiger partial charge in [0.05, 0.1) is 17.0 Å². The Bertz CT molecular complexity index is 639. The number of hydrogen-bond donors (Lipinski definition) is 2. The molecule has 1 aromatic carbocycles. The smallest absolute Gasteiger partial charge is 0.251 e. The molecule has 0 aromatic heterocycles. The van der Waals surface area contributed by atoms with E-state index in [1.54, 1.807) is 13.0 Å². The zero-order chi connectivity index (χ0) is 15.6. The second kappa shape index (κ2) is 6.15. The second-order valence-electron chi connectivity index (χ2n) is 5.68. The van der Waals surface area contributed by atoms with Gasteiger partial charge in [-0.25, -0.2) is 8.42 Å². The Morgan fingerprint density at radius 1 is 1.29 bits per heavy atom. The van der Waals surface area contributed by atoms with Crippen molar-refractivity contribution < 1.29 is 18.3 Å². The van der Waals surface area contributed by atoms with Crippen molar-refractivity contribution >= 4 is 15.7 Å². The van der Waals surface area contributed by atoms with Gasteiger partial charge < -0.3 is 10.4 Å². The fourth-order valence-corrected chi connectivity index (χ4v) is 3.25. The molecule has 1 aliphatic rings. The summed E-state index contributed by atoms with van der Waals surface area (Å²) in [6, 6.07) is 4.27. The molecule has 21 heavy (non-hydrogen) atoms. The van der Waals surface area contributed by atoms with Gasteiger partial charge in [-0.3, -0.25) is 4.79 Å². The van der Waals surface area contributed by atoms with Gasteiger partial charge in [0.2, 0.25) is 0 Å². The van der Waals surface area contributed by atoms with Gasteiger partial charge in [0.1, 0.15) is 0 Å². The van der Waals surface area contributed by atoms with Crippen molar-refractivity contribution in [3.8, 4) is 0 Å². The predicted octanol–water partition coefficient (Wildman–Crippen LogP) is 1.43. The molecule has 2 rings (SSSR count). The first kappa shape index (κ1) is 16.0. The Morgan fingerprint density at radius 2 is 1.95 bits per heavy atom. The molecule has 0 radical (unpaired) electrons. The first-order chi connectivity index (χ1) is 9.79. The number of nitrogens with one attached hydrogen (secondary N) is 1. The maximum Gasteiger partial charge on any atom is 0.251 e. The lowest BCUT2D eigenvalue weighted by molar-refractivity contribution is 0.0716. The topological polar surface area (TPSA) is 83.5 Å². The molecule has 6 heteroatoms. The van der Waals surface area contributed by atoms with Crippen LogP contribution >= 0.6 is 0 Å². The number of aliphatic hydroxyl groups excluding tert-OH is 1. The van der Waals surface area contributed by atoms with Crippen molar-refractivity contribution in [2.24, 2.45) is 0 Å². The molecule has 0 spiro atoms. The second-order valence-corrected chi connectivity index (χ2v) is 7.70. The van der Waals surface area contributed by atoms with Gasteiger partial charge in [0.25, 0.3) is 5.91 Å². The number of benzene rings is 1. The van der Waals surface area contributed by atoms with Crippen LogP contribution in [-0.2, 0) is 9.84 Å². The number of amides is 1. The Balaban J connectivity index is 2.22. The molecular formula is C15H21NO4S. The SMILES string of the molecule is Cc1ccc(S(C)(=O)=O)cc1C(=O)N[C@@H]1CCCC[C@H]1O. The largest absolute Gasteiger partial charge is 0.391 e. The minimum absolute atomic E-state index is 0.127. The van der Waals surface area contributed by atoms with Crippen molar-refractivity contribution in [2.45, 2.75) is 49.6 Å². The molecule has 0 bridgehead atoms. The maximum absolute atomic E-state index is 12.3. The van der Waals surface area contributed by atoms with E-state index in [2.05, 4.69) is 5.32 Å². The summed E-state index contributed by atoms with van der Waals surface area (Å²) in [4.78, 5) is 12.5. The maximum atomic E-state index is 12.3. The van der Waals surface area contributed by atoms with Crippen LogP contribution in [0.3, 0.4) is 0 Å². The lowest BCUT2D eigenvalue weighted by Gasteiger charge is -2.28. The molecule has 1 aliphatic carbocycles. The first-order valence-corrected chi connectivity index (χ1v) is 8.98. The van der Waals surface area contributed by atoms with Crippen LogP contribution in [0, 0.1) is 6.92 Å². The molecule has 116 valence electrons. The third-order valence-corrected chi connectivity index (χ3v) is 5.04. The number of aryl methyl sites for hydroxylation is 1. The number of carbonyl (C=O) groups is 1. The summed E-state index contributed by atoms with van der Waals surface area (Å²) in [5, 5.41) is 12.7. The van der Waals surface area contributed by atoms with Crippen LogP contribution in [0.25, 0.3) is 0 Å². The molecule has 1 saturated carbocycles. The van der Waals surface area contributed by atoms with Crippen LogP contribution in [0.1, 0.15) is 41.6 Å². The highest BCUT2D eigenvalue weighted by Gasteiger charge is 2.25. The minimum atomic E-state index is -3.35. The van der Waals surface area contributed by atoms with Crippen LogP contribution in [0.4, 0.5) is 0 Å². The van der Waals surface area contributed by atoms with Crippen LogP contribution in [0.5, 0.6) is 0 Å². The van der Waals surface area contributed by atoms with Crippen LogP contribution in [0.2, 0.25) is 0 Å². The highest BCUT2D eigenvalue weighted by Crippen LogP contribution is 2.20. The van der Waals surface area contributed by atoms with E-state index in [-0.39, 0.29) is 16.8 Å². The zero-order valence-corrected chi connectivity index (χ0v) is 13.1. The van der Waals surface area contributed by atoms with Gasteiger partial charge in [-0.1, -0.05) is 18.9 Å². The highest BCUT2D eigenvalue weighted by molar-refractivity contribution is 7.90. The van der Waals surface area contributed by atoms with E-state index in [1.807, 2.05) is 0 Å². The summed E-state index contributed by atoms with van der Waals surface area (Å²) < 4.78 is 23.2. The molecule has 0 heterocycles. The third-order valence-electron chi connectivity index (χ3n) is 3.93. The summed E-state index contributed by atoms with van der Waals surface area (Å²) in [6.45, 7) is 1.76. The van der Waals surface area contributed by atoms with Crippen molar-refractivity contribution in [3.63, 3.8) is 0 Å². The van der Waals surface area contributed by atoms with E-state index in [1.165, 1.54) is 12.1 Å². The third kappa shape index (κ3) is 3.83. The van der Waals surface area contributed by atoms with E-state index in [0.29, 0.717) is 17.5 Å². The van der Waals surface area contributed by atoms with Gasteiger partial charge in [-0.2, -0.15) is 0 Å². The fourth-order valence-electron chi connectivity index (χ4n) is 2.60. The average molecular weight is 311 g/mol. The van der Waals surface area contributed by atoms with E-state index in [0.717, 1.165) is 25.5 Å². The summed E-state index contributed by atoms with van der Waals surface area (Å²) >= 11 is 0. The molecule has 1 amide bonds. The van der Waals surface area contributed by atoms with E-state index >= 15 is 0 Å². The summed E-state index contributed by atoms with van der Waals surface area (Å²) in [5.74, 6) is -0.330. The normalized spacial score (nSPS) is 22.8. The number of hydrogen-bond acceptors (Lipinski definition) is 4. The zero-order valence-electron chi connectivity index (χ0n) is 12.3. The van der Waals surface area contributed by atoms with Gasteiger partial charge >= 0.3 is 0 Å². The molecular weight excluding hydrogens is 290 g/mol. The standard InChI is InChI=1S/C15H21NO4S/c1-10-7-8-11(21(2,19)20)9-12(10)15(18)16-13-5-3-4-6-14(13)17/h7-9,13-14,17H,3-6H2,1-2H3,(H,16,18)/t13-,14-/m1/s1. The number of carbonyl (C=O) groups excluding carboxylic acids is 1. The minimum Gasteiger partial charge on any atom is -0.391 e. The Morgan fingerprint density at radius 3 is 2.57 bits per heavy atom. The van der Waals surface area contributed by atoms with Crippen LogP contribution in [0.15, 0.2) is 23.1 Å². The van der Waals surface area contributed by atoms with Gasteiger partial charge in [0, 0.05) is 11.8 Å². The first-order valence-electron chi connectivity index (χ1n) is 7.08. The quantitative estimate of drug-likeness (QED) is 0.884. The molecule has 5 nitrogen and oxygen atoms in total. The average Bonchev–Trinajstić information content (AvgIpc) is 2.40. The Labute approximate surface area is 125 Å². The number of aliphatic hydroxyl groups is 1.